The number of rotatable bonds is 7. The first kappa shape index (κ1) is 23.4. The number of hydrogen-bond donors (Lipinski definition) is 3. The van der Waals surface area contributed by atoms with Gasteiger partial charge in [0, 0.05) is 23.7 Å². The second kappa shape index (κ2) is 10.4. The normalized spacial score (nSPS) is 12.5. The lowest BCUT2D eigenvalue weighted by atomic mass is 10.1. The van der Waals surface area contributed by atoms with Gasteiger partial charge in [0.25, 0.3) is 0 Å². The molecule has 0 radical (unpaired) electrons. The summed E-state index contributed by atoms with van der Waals surface area (Å²) in [4.78, 5) is 4.48. The third-order valence-electron chi connectivity index (χ3n) is 2.81. The minimum Gasteiger partial charge on any atom is -0.357 e. The van der Waals surface area contributed by atoms with Crippen LogP contribution in [0.1, 0.15) is 26.3 Å². The van der Waals surface area contributed by atoms with Gasteiger partial charge >= 0.3 is 0 Å². The average molecular weight is 489 g/mol. The van der Waals surface area contributed by atoms with Gasteiger partial charge in [-0.3, -0.25) is 0 Å². The standard InChI is InChI=1S/C15H25ClN4O2S.HI/c1-5-17-14(18-10-12-7-6-8-13(16)9-12)19-11-15(2,3)20-23(4,21)22;/h6-9,20H,5,10-11H2,1-4H3,(H2,17,18,19);1H. The Balaban J connectivity index is 0.00000529. The van der Waals surface area contributed by atoms with Crippen LogP contribution in [0.25, 0.3) is 0 Å². The number of hydrogen-bond acceptors (Lipinski definition) is 3. The summed E-state index contributed by atoms with van der Waals surface area (Å²) in [5.41, 5.74) is 0.378. The maximum atomic E-state index is 11.4. The van der Waals surface area contributed by atoms with Crippen molar-refractivity contribution < 1.29 is 8.42 Å². The summed E-state index contributed by atoms with van der Waals surface area (Å²) >= 11 is 5.96. The molecule has 0 unspecified atom stereocenters. The van der Waals surface area contributed by atoms with Gasteiger partial charge in [0.15, 0.2) is 5.96 Å². The maximum absolute atomic E-state index is 11.4. The Hall–Kier alpha value is -0.580. The van der Waals surface area contributed by atoms with E-state index in [0.29, 0.717) is 30.6 Å². The second-order valence-electron chi connectivity index (χ2n) is 5.94. The van der Waals surface area contributed by atoms with E-state index in [1.807, 2.05) is 45.0 Å². The number of benzene rings is 1. The summed E-state index contributed by atoms with van der Waals surface area (Å²) in [5, 5.41) is 6.95. The molecule has 0 bridgehead atoms. The highest BCUT2D eigenvalue weighted by molar-refractivity contribution is 14.0. The summed E-state index contributed by atoms with van der Waals surface area (Å²) < 4.78 is 25.3. The van der Waals surface area contributed by atoms with Gasteiger partial charge in [0.05, 0.1) is 12.8 Å². The molecule has 0 saturated carbocycles. The number of nitrogens with one attached hydrogen (secondary N) is 3. The van der Waals surface area contributed by atoms with Gasteiger partial charge < -0.3 is 10.6 Å². The molecule has 0 aromatic heterocycles. The second-order valence-corrected chi connectivity index (χ2v) is 8.12. The van der Waals surface area contributed by atoms with Gasteiger partial charge in [-0.15, -0.1) is 24.0 Å². The van der Waals surface area contributed by atoms with Crippen LogP contribution in [0.5, 0.6) is 0 Å². The summed E-state index contributed by atoms with van der Waals surface area (Å²) in [6.07, 6.45) is 1.15. The van der Waals surface area contributed by atoms with Crippen LogP contribution in [-0.2, 0) is 16.6 Å². The zero-order valence-corrected chi connectivity index (χ0v) is 18.3. The van der Waals surface area contributed by atoms with Gasteiger partial charge in [0.1, 0.15) is 0 Å². The third kappa shape index (κ3) is 10.3. The Labute approximate surface area is 166 Å². The molecule has 0 spiro atoms. The number of aliphatic imine (C=N–C) groups is 1. The minimum absolute atomic E-state index is 0. The lowest BCUT2D eigenvalue weighted by molar-refractivity contribution is 0.446. The molecule has 0 amide bonds. The SMILES string of the molecule is CCNC(=NCc1cccc(Cl)c1)NCC(C)(C)NS(C)(=O)=O.I. The molecule has 0 atom stereocenters. The molecule has 1 rings (SSSR count). The van der Waals surface area contributed by atoms with Gasteiger partial charge in [-0.2, -0.15) is 0 Å². The summed E-state index contributed by atoms with van der Waals surface area (Å²) in [6, 6.07) is 7.52. The molecular formula is C15H26ClIN4O2S. The molecule has 24 heavy (non-hydrogen) atoms. The lowest BCUT2D eigenvalue weighted by Gasteiger charge is -2.26. The number of halogens is 2. The highest BCUT2D eigenvalue weighted by atomic mass is 127. The van der Waals surface area contributed by atoms with E-state index in [9.17, 15) is 8.42 Å². The minimum atomic E-state index is -3.27. The Bertz CT molecular complexity index is 651. The van der Waals surface area contributed by atoms with Crippen LogP contribution < -0.4 is 15.4 Å². The summed E-state index contributed by atoms with van der Waals surface area (Å²) in [6.45, 7) is 7.18. The monoisotopic (exact) mass is 488 g/mol. The number of sulfonamides is 1. The first-order chi connectivity index (χ1) is 10.6. The van der Waals surface area contributed by atoms with Gasteiger partial charge in [-0.1, -0.05) is 23.7 Å². The Morgan fingerprint density at radius 3 is 2.50 bits per heavy atom. The molecule has 3 N–H and O–H groups in total. The van der Waals surface area contributed by atoms with E-state index in [4.69, 9.17) is 11.6 Å². The first-order valence-electron chi connectivity index (χ1n) is 7.37. The molecule has 138 valence electrons. The van der Waals surface area contributed by atoms with Crippen molar-refractivity contribution in [3.05, 3.63) is 34.9 Å². The summed E-state index contributed by atoms with van der Waals surface area (Å²) in [7, 11) is -3.27. The highest BCUT2D eigenvalue weighted by Crippen LogP contribution is 2.11. The topological polar surface area (TPSA) is 82.6 Å². The summed E-state index contributed by atoms with van der Waals surface area (Å²) in [5.74, 6) is 0.621. The van der Waals surface area contributed by atoms with Gasteiger partial charge in [0.2, 0.25) is 10.0 Å². The molecule has 1 aromatic carbocycles. The molecule has 6 nitrogen and oxygen atoms in total. The molecule has 0 aliphatic carbocycles. The van der Waals surface area contributed by atoms with Crippen LogP contribution in [0.2, 0.25) is 5.02 Å². The van der Waals surface area contributed by atoms with E-state index >= 15 is 0 Å². The number of guanidine groups is 1. The van der Waals surface area contributed by atoms with Crippen molar-refractivity contribution in [2.75, 3.05) is 19.3 Å². The number of nitrogens with zero attached hydrogens (tertiary/aromatic N) is 1. The fraction of sp³-hybridized carbons (Fsp3) is 0.533. The highest BCUT2D eigenvalue weighted by Gasteiger charge is 2.22. The van der Waals surface area contributed by atoms with Gasteiger partial charge in [-0.25, -0.2) is 18.1 Å². The smallest absolute Gasteiger partial charge is 0.209 e. The fourth-order valence-corrected chi connectivity index (χ4v) is 3.28. The zero-order valence-electron chi connectivity index (χ0n) is 14.4. The molecule has 1 aromatic rings. The van der Waals surface area contributed by atoms with E-state index in [1.54, 1.807) is 0 Å². The van der Waals surface area contributed by atoms with Crippen molar-refractivity contribution in [1.82, 2.24) is 15.4 Å². The van der Waals surface area contributed by atoms with Crippen LogP contribution in [0.15, 0.2) is 29.3 Å². The van der Waals surface area contributed by atoms with E-state index < -0.39 is 15.6 Å². The maximum Gasteiger partial charge on any atom is 0.209 e. The fourth-order valence-electron chi connectivity index (χ4n) is 1.99. The third-order valence-corrected chi connectivity index (χ3v) is 3.97. The Morgan fingerprint density at radius 1 is 1.29 bits per heavy atom. The van der Waals surface area contributed by atoms with Crippen LogP contribution in [0.3, 0.4) is 0 Å². The van der Waals surface area contributed by atoms with E-state index in [1.165, 1.54) is 0 Å². The van der Waals surface area contributed by atoms with Crippen molar-refractivity contribution in [1.29, 1.82) is 0 Å². The molecule has 0 aliphatic heterocycles. The van der Waals surface area contributed by atoms with Gasteiger partial charge in [-0.05, 0) is 38.5 Å². The van der Waals surface area contributed by atoms with Crippen LogP contribution >= 0.6 is 35.6 Å². The quantitative estimate of drug-likeness (QED) is 0.313. The molecule has 9 heteroatoms. The first-order valence-corrected chi connectivity index (χ1v) is 9.64. The van der Waals surface area contributed by atoms with Crippen molar-refractivity contribution in [3.8, 4) is 0 Å². The largest absolute Gasteiger partial charge is 0.357 e. The predicted octanol–water partition coefficient (Wildman–Crippen LogP) is 2.34. The van der Waals surface area contributed by atoms with Crippen LogP contribution in [-0.4, -0.2) is 39.3 Å². The molecule has 0 heterocycles. The zero-order chi connectivity index (χ0) is 17.5. The Kier molecular flexibility index (Phi) is 10.2. The van der Waals surface area contributed by atoms with Crippen LogP contribution in [0, 0.1) is 0 Å². The molecule has 0 fully saturated rings. The predicted molar refractivity (Wildman–Crippen MR) is 112 cm³/mol. The molecule has 0 aliphatic rings. The molecule has 0 saturated heterocycles. The lowest BCUT2D eigenvalue weighted by Crippen LogP contribution is -2.53. The molecular weight excluding hydrogens is 463 g/mol. The average Bonchev–Trinajstić information content (AvgIpc) is 2.39. The van der Waals surface area contributed by atoms with Crippen molar-refractivity contribution in [2.24, 2.45) is 4.99 Å². The van der Waals surface area contributed by atoms with Crippen LogP contribution in [0.4, 0.5) is 0 Å². The van der Waals surface area contributed by atoms with Crippen molar-refractivity contribution in [2.45, 2.75) is 32.9 Å². The van der Waals surface area contributed by atoms with Crippen molar-refractivity contribution in [3.63, 3.8) is 0 Å². The Morgan fingerprint density at radius 2 is 1.96 bits per heavy atom. The van der Waals surface area contributed by atoms with E-state index in [0.717, 1.165) is 11.8 Å². The van der Waals surface area contributed by atoms with E-state index in [2.05, 4.69) is 20.3 Å². The van der Waals surface area contributed by atoms with E-state index in [-0.39, 0.29) is 24.0 Å². The van der Waals surface area contributed by atoms with Crippen molar-refractivity contribution >= 4 is 51.6 Å².